The van der Waals surface area contributed by atoms with Gasteiger partial charge in [-0.3, -0.25) is 4.79 Å². The van der Waals surface area contributed by atoms with Gasteiger partial charge in [0.2, 0.25) is 0 Å². The number of hydrogen-bond donors (Lipinski definition) is 1. The second-order valence-corrected chi connectivity index (χ2v) is 5.79. The van der Waals surface area contributed by atoms with E-state index in [1.807, 2.05) is 11.0 Å². The van der Waals surface area contributed by atoms with E-state index < -0.39 is 5.97 Å². The summed E-state index contributed by atoms with van der Waals surface area (Å²) in [5, 5.41) is 9.22. The Kier molecular flexibility index (Phi) is 4.23. The number of anilines is 1. The van der Waals surface area contributed by atoms with Crippen molar-refractivity contribution in [2.45, 2.75) is 19.8 Å². The third-order valence-corrected chi connectivity index (χ3v) is 4.06. The van der Waals surface area contributed by atoms with E-state index in [2.05, 4.69) is 9.97 Å². The van der Waals surface area contributed by atoms with Gasteiger partial charge in [0, 0.05) is 24.7 Å². The maximum atomic E-state index is 13.1. The smallest absolute Gasteiger partial charge is 0.308 e. The summed E-state index contributed by atoms with van der Waals surface area (Å²) in [5.41, 5.74) is 1.52. The number of hydrogen-bond acceptors (Lipinski definition) is 4. The zero-order valence-electron chi connectivity index (χ0n) is 12.9. The van der Waals surface area contributed by atoms with Crippen LogP contribution < -0.4 is 4.90 Å². The van der Waals surface area contributed by atoms with Crippen LogP contribution >= 0.6 is 0 Å². The highest BCUT2D eigenvalue weighted by Crippen LogP contribution is 2.26. The molecule has 1 aromatic carbocycles. The Balaban J connectivity index is 1.91. The van der Waals surface area contributed by atoms with Gasteiger partial charge in [-0.15, -0.1) is 0 Å². The molecule has 5 nitrogen and oxygen atoms in total. The molecule has 120 valence electrons. The molecule has 0 aliphatic carbocycles. The van der Waals surface area contributed by atoms with E-state index in [-0.39, 0.29) is 11.7 Å². The van der Waals surface area contributed by atoms with Gasteiger partial charge in [-0.2, -0.15) is 0 Å². The number of benzene rings is 1. The van der Waals surface area contributed by atoms with Crippen LogP contribution in [-0.4, -0.2) is 34.1 Å². The summed E-state index contributed by atoms with van der Waals surface area (Å²) < 4.78 is 13.1. The highest BCUT2D eigenvalue weighted by atomic mass is 19.1. The van der Waals surface area contributed by atoms with Crippen LogP contribution in [0.2, 0.25) is 0 Å². The molecule has 1 aliphatic heterocycles. The highest BCUT2D eigenvalue weighted by molar-refractivity contribution is 5.71. The second kappa shape index (κ2) is 6.32. The van der Waals surface area contributed by atoms with Crippen molar-refractivity contribution >= 4 is 11.8 Å². The predicted octanol–water partition coefficient (Wildman–Crippen LogP) is 2.89. The van der Waals surface area contributed by atoms with Gasteiger partial charge in [-0.25, -0.2) is 14.4 Å². The zero-order valence-corrected chi connectivity index (χ0v) is 12.9. The molecule has 0 saturated carbocycles. The molecule has 2 aromatic rings. The Morgan fingerprint density at radius 3 is 2.74 bits per heavy atom. The Bertz CT molecular complexity index is 718. The SMILES string of the molecule is Cc1nc(-c2ccc(F)cc2)cc(N2CCCC(C(=O)O)C2)n1. The molecule has 1 fully saturated rings. The minimum atomic E-state index is -0.765. The van der Waals surface area contributed by atoms with Crippen molar-refractivity contribution in [3.05, 3.63) is 42.0 Å². The number of aliphatic carboxylic acids is 1. The molecule has 23 heavy (non-hydrogen) atoms. The monoisotopic (exact) mass is 315 g/mol. The summed E-state index contributed by atoms with van der Waals surface area (Å²) in [6, 6.07) is 7.99. The normalized spacial score (nSPS) is 18.0. The quantitative estimate of drug-likeness (QED) is 0.943. The van der Waals surface area contributed by atoms with Gasteiger partial charge < -0.3 is 10.0 Å². The summed E-state index contributed by atoms with van der Waals surface area (Å²) in [6.45, 7) is 3.03. The number of aromatic nitrogens is 2. The molecule has 1 atom stereocenters. The van der Waals surface area contributed by atoms with E-state index in [1.54, 1.807) is 19.1 Å². The van der Waals surface area contributed by atoms with E-state index in [9.17, 15) is 14.3 Å². The summed E-state index contributed by atoms with van der Waals surface area (Å²) in [4.78, 5) is 22.1. The van der Waals surface area contributed by atoms with Crippen LogP contribution in [0.4, 0.5) is 10.2 Å². The van der Waals surface area contributed by atoms with Crippen molar-refractivity contribution in [1.82, 2.24) is 9.97 Å². The maximum absolute atomic E-state index is 13.1. The molecule has 1 saturated heterocycles. The Morgan fingerprint density at radius 1 is 1.30 bits per heavy atom. The van der Waals surface area contributed by atoms with Crippen LogP contribution in [0, 0.1) is 18.7 Å². The lowest BCUT2D eigenvalue weighted by atomic mass is 9.98. The molecule has 2 heterocycles. The van der Waals surface area contributed by atoms with Crippen LogP contribution in [0.25, 0.3) is 11.3 Å². The molecule has 3 rings (SSSR count). The van der Waals surface area contributed by atoms with Crippen molar-refractivity contribution in [3.8, 4) is 11.3 Å². The molecule has 0 radical (unpaired) electrons. The van der Waals surface area contributed by atoms with E-state index in [4.69, 9.17) is 0 Å². The summed E-state index contributed by atoms with van der Waals surface area (Å²) in [7, 11) is 0. The van der Waals surface area contributed by atoms with E-state index in [0.717, 1.165) is 24.3 Å². The van der Waals surface area contributed by atoms with Crippen LogP contribution in [0.15, 0.2) is 30.3 Å². The molecule has 1 N–H and O–H groups in total. The van der Waals surface area contributed by atoms with Crippen molar-refractivity contribution in [2.75, 3.05) is 18.0 Å². The zero-order chi connectivity index (χ0) is 16.4. The van der Waals surface area contributed by atoms with Crippen molar-refractivity contribution in [2.24, 2.45) is 5.92 Å². The number of piperidine rings is 1. The first-order valence-corrected chi connectivity index (χ1v) is 7.62. The summed E-state index contributed by atoms with van der Waals surface area (Å²) in [6.07, 6.45) is 1.52. The average Bonchev–Trinajstić information content (AvgIpc) is 2.55. The second-order valence-electron chi connectivity index (χ2n) is 5.79. The number of carbonyl (C=O) groups is 1. The van der Waals surface area contributed by atoms with Crippen molar-refractivity contribution in [1.29, 1.82) is 0 Å². The largest absolute Gasteiger partial charge is 0.481 e. The summed E-state index contributed by atoms with van der Waals surface area (Å²) in [5.74, 6) is -0.0883. The first-order chi connectivity index (χ1) is 11.0. The van der Waals surface area contributed by atoms with Crippen molar-refractivity contribution < 1.29 is 14.3 Å². The van der Waals surface area contributed by atoms with Gasteiger partial charge in [0.25, 0.3) is 0 Å². The highest BCUT2D eigenvalue weighted by Gasteiger charge is 2.26. The molecular weight excluding hydrogens is 297 g/mol. The molecule has 0 amide bonds. The topological polar surface area (TPSA) is 66.3 Å². The first-order valence-electron chi connectivity index (χ1n) is 7.62. The third kappa shape index (κ3) is 3.47. The number of aryl methyl sites for hydroxylation is 1. The van der Waals surface area contributed by atoms with Crippen molar-refractivity contribution in [3.63, 3.8) is 0 Å². The molecule has 1 aromatic heterocycles. The number of nitrogens with zero attached hydrogens (tertiary/aromatic N) is 3. The van der Waals surface area contributed by atoms with Crippen LogP contribution in [0.1, 0.15) is 18.7 Å². The number of carboxylic acid groups (broad SMARTS) is 1. The Hall–Kier alpha value is -2.50. The fraction of sp³-hybridized carbons (Fsp3) is 0.353. The minimum absolute atomic E-state index is 0.292. The number of halogens is 1. The van der Waals surface area contributed by atoms with Crippen LogP contribution in [0.5, 0.6) is 0 Å². The van der Waals surface area contributed by atoms with E-state index in [0.29, 0.717) is 24.5 Å². The van der Waals surface area contributed by atoms with E-state index >= 15 is 0 Å². The molecule has 1 aliphatic rings. The van der Waals surface area contributed by atoms with E-state index in [1.165, 1.54) is 12.1 Å². The van der Waals surface area contributed by atoms with Crippen LogP contribution in [0.3, 0.4) is 0 Å². The molecule has 0 spiro atoms. The number of carboxylic acids is 1. The molecule has 6 heteroatoms. The predicted molar refractivity (Wildman–Crippen MR) is 84.7 cm³/mol. The minimum Gasteiger partial charge on any atom is -0.481 e. The number of rotatable bonds is 3. The fourth-order valence-corrected chi connectivity index (χ4v) is 2.87. The lowest BCUT2D eigenvalue weighted by Crippen LogP contribution is -2.39. The lowest BCUT2D eigenvalue weighted by Gasteiger charge is -2.31. The van der Waals surface area contributed by atoms with Crippen LogP contribution in [-0.2, 0) is 4.79 Å². The Morgan fingerprint density at radius 2 is 2.04 bits per heavy atom. The van der Waals surface area contributed by atoms with Gasteiger partial charge in [0.05, 0.1) is 11.6 Å². The summed E-state index contributed by atoms with van der Waals surface area (Å²) >= 11 is 0. The van der Waals surface area contributed by atoms with Gasteiger partial charge in [0.1, 0.15) is 17.5 Å². The fourth-order valence-electron chi connectivity index (χ4n) is 2.87. The van der Waals surface area contributed by atoms with Gasteiger partial charge in [-0.05, 0) is 44.0 Å². The molecule has 1 unspecified atom stereocenters. The van der Waals surface area contributed by atoms with Gasteiger partial charge in [0.15, 0.2) is 0 Å². The maximum Gasteiger partial charge on any atom is 0.308 e. The van der Waals surface area contributed by atoms with Gasteiger partial charge >= 0.3 is 5.97 Å². The van der Waals surface area contributed by atoms with Gasteiger partial charge in [-0.1, -0.05) is 0 Å². The molecular formula is C17H18FN3O2. The molecule has 0 bridgehead atoms. The lowest BCUT2D eigenvalue weighted by molar-refractivity contribution is -0.141. The third-order valence-electron chi connectivity index (χ3n) is 4.06. The Labute approximate surface area is 133 Å². The first kappa shape index (κ1) is 15.4. The average molecular weight is 315 g/mol. The standard InChI is InChI=1S/C17H18FN3O2/c1-11-19-15(12-4-6-14(18)7-5-12)9-16(20-11)21-8-2-3-13(10-21)17(22)23/h4-7,9,13H,2-3,8,10H2,1H3,(H,22,23).